The SMILES string of the molecule is COCc1cnc2n1-c1ccc(N3CC[C@@H](N(C)C)C3)cc1Cn1cc(-c3ccc(C#N)cc3)cc1-2. The number of rotatable bonds is 5. The van der Waals surface area contributed by atoms with Crippen LogP contribution in [0.5, 0.6) is 0 Å². The van der Waals surface area contributed by atoms with Crippen molar-refractivity contribution in [2.24, 2.45) is 0 Å². The Balaban J connectivity index is 1.45. The molecule has 0 aliphatic carbocycles. The van der Waals surface area contributed by atoms with Crippen molar-refractivity contribution in [1.29, 1.82) is 5.26 Å². The molecule has 1 saturated heterocycles. The molecule has 2 aromatic carbocycles. The van der Waals surface area contributed by atoms with Gasteiger partial charge in [0.2, 0.25) is 0 Å². The first-order valence-electron chi connectivity index (χ1n) is 12.4. The fourth-order valence-electron chi connectivity index (χ4n) is 5.50. The molecule has 0 spiro atoms. The lowest BCUT2D eigenvalue weighted by molar-refractivity contribution is 0.180. The Bertz CT molecular complexity index is 1460. The molecule has 2 aliphatic heterocycles. The van der Waals surface area contributed by atoms with E-state index < -0.39 is 0 Å². The summed E-state index contributed by atoms with van der Waals surface area (Å²) in [4.78, 5) is 9.67. The number of imidazole rings is 1. The lowest BCUT2D eigenvalue weighted by Crippen LogP contribution is -2.31. The molecule has 2 aromatic heterocycles. The van der Waals surface area contributed by atoms with Crippen molar-refractivity contribution in [2.75, 3.05) is 39.2 Å². The average Bonchev–Trinajstić information content (AvgIpc) is 3.62. The number of fused-ring (bicyclic) bond motifs is 5. The molecule has 7 heteroatoms. The van der Waals surface area contributed by atoms with Crippen molar-refractivity contribution in [3.05, 3.63) is 77.7 Å². The van der Waals surface area contributed by atoms with E-state index in [9.17, 15) is 5.26 Å². The minimum atomic E-state index is 0.494. The zero-order valence-corrected chi connectivity index (χ0v) is 21.0. The van der Waals surface area contributed by atoms with E-state index in [1.807, 2.05) is 30.5 Å². The number of hydrogen-bond acceptors (Lipinski definition) is 5. The molecule has 2 aliphatic rings. The van der Waals surface area contributed by atoms with Gasteiger partial charge in [0, 0.05) is 50.2 Å². The summed E-state index contributed by atoms with van der Waals surface area (Å²) in [6.45, 7) is 3.38. The summed E-state index contributed by atoms with van der Waals surface area (Å²) in [7, 11) is 6.06. The summed E-state index contributed by atoms with van der Waals surface area (Å²) >= 11 is 0. The van der Waals surface area contributed by atoms with Crippen molar-refractivity contribution in [3.8, 4) is 34.4 Å². The molecular formula is C29H30N6O. The lowest BCUT2D eigenvalue weighted by atomic mass is 10.1. The van der Waals surface area contributed by atoms with E-state index in [-0.39, 0.29) is 0 Å². The Hall–Kier alpha value is -3.86. The monoisotopic (exact) mass is 478 g/mol. The van der Waals surface area contributed by atoms with E-state index in [0.29, 0.717) is 18.2 Å². The van der Waals surface area contributed by atoms with Gasteiger partial charge in [-0.3, -0.25) is 4.57 Å². The molecule has 4 heterocycles. The van der Waals surface area contributed by atoms with E-state index in [1.165, 1.54) is 17.7 Å². The maximum absolute atomic E-state index is 9.17. The first kappa shape index (κ1) is 22.6. The van der Waals surface area contributed by atoms with Crippen LogP contribution in [0.1, 0.15) is 23.2 Å². The van der Waals surface area contributed by atoms with Gasteiger partial charge in [-0.15, -0.1) is 0 Å². The van der Waals surface area contributed by atoms with Crippen LogP contribution in [-0.4, -0.2) is 59.4 Å². The van der Waals surface area contributed by atoms with Gasteiger partial charge in [-0.1, -0.05) is 12.1 Å². The number of methoxy groups -OCH3 is 1. The largest absolute Gasteiger partial charge is 0.378 e. The Labute approximate surface area is 211 Å². The third-order valence-corrected chi connectivity index (χ3v) is 7.50. The van der Waals surface area contributed by atoms with Gasteiger partial charge in [0.25, 0.3) is 0 Å². The lowest BCUT2D eigenvalue weighted by Gasteiger charge is -2.23. The van der Waals surface area contributed by atoms with Gasteiger partial charge in [-0.25, -0.2) is 4.98 Å². The highest BCUT2D eigenvalue weighted by molar-refractivity contribution is 5.73. The summed E-state index contributed by atoms with van der Waals surface area (Å²) in [6.07, 6.45) is 5.30. The third-order valence-electron chi connectivity index (χ3n) is 7.50. The zero-order valence-electron chi connectivity index (χ0n) is 21.0. The molecular weight excluding hydrogens is 448 g/mol. The number of likely N-dealkylation sites (N-methyl/N-ethyl adjacent to an activating group) is 1. The van der Waals surface area contributed by atoms with Gasteiger partial charge in [0.15, 0.2) is 5.82 Å². The van der Waals surface area contributed by atoms with Crippen molar-refractivity contribution in [1.82, 2.24) is 19.0 Å². The molecule has 0 amide bonds. The number of aromatic nitrogens is 3. The smallest absolute Gasteiger partial charge is 0.161 e. The molecule has 0 unspecified atom stereocenters. The average molecular weight is 479 g/mol. The second kappa shape index (κ2) is 8.98. The summed E-state index contributed by atoms with van der Waals surface area (Å²) < 4.78 is 10.1. The maximum atomic E-state index is 9.17. The number of nitrogens with zero attached hydrogens (tertiary/aromatic N) is 6. The van der Waals surface area contributed by atoms with Crippen molar-refractivity contribution >= 4 is 5.69 Å². The summed E-state index contributed by atoms with van der Waals surface area (Å²) in [5.41, 5.74) is 8.67. The fourth-order valence-corrected chi connectivity index (χ4v) is 5.50. The molecule has 0 radical (unpaired) electrons. The van der Waals surface area contributed by atoms with Crippen molar-refractivity contribution in [3.63, 3.8) is 0 Å². The predicted molar refractivity (Wildman–Crippen MR) is 141 cm³/mol. The molecule has 1 fully saturated rings. The normalized spacial score (nSPS) is 16.4. The molecule has 6 rings (SSSR count). The Morgan fingerprint density at radius 2 is 1.94 bits per heavy atom. The van der Waals surface area contributed by atoms with Crippen LogP contribution in [0.4, 0.5) is 5.69 Å². The molecule has 4 aromatic rings. The van der Waals surface area contributed by atoms with E-state index in [0.717, 1.165) is 53.7 Å². The molecule has 0 N–H and O–H groups in total. The molecule has 182 valence electrons. The topological polar surface area (TPSA) is 62.2 Å². The third kappa shape index (κ3) is 3.79. The van der Waals surface area contributed by atoms with Crippen LogP contribution in [0.3, 0.4) is 0 Å². The van der Waals surface area contributed by atoms with Crippen LogP contribution in [0.2, 0.25) is 0 Å². The van der Waals surface area contributed by atoms with Crippen LogP contribution in [0.15, 0.2) is 60.9 Å². The van der Waals surface area contributed by atoms with Crippen molar-refractivity contribution in [2.45, 2.75) is 25.6 Å². The first-order chi connectivity index (χ1) is 17.6. The van der Waals surface area contributed by atoms with Crippen LogP contribution in [0.25, 0.3) is 28.3 Å². The highest BCUT2D eigenvalue weighted by Gasteiger charge is 2.27. The van der Waals surface area contributed by atoms with Gasteiger partial charge in [0.1, 0.15) is 0 Å². The molecule has 7 nitrogen and oxygen atoms in total. The molecule has 0 saturated carbocycles. The van der Waals surface area contributed by atoms with E-state index >= 15 is 0 Å². The van der Waals surface area contributed by atoms with Crippen LogP contribution in [0, 0.1) is 11.3 Å². The predicted octanol–water partition coefficient (Wildman–Crippen LogP) is 4.53. The Morgan fingerprint density at radius 3 is 2.67 bits per heavy atom. The summed E-state index contributed by atoms with van der Waals surface area (Å²) in [5.74, 6) is 0.919. The van der Waals surface area contributed by atoms with E-state index in [1.54, 1.807) is 7.11 Å². The molecule has 1 atom stereocenters. The quantitative estimate of drug-likeness (QED) is 0.372. The highest BCUT2D eigenvalue weighted by atomic mass is 16.5. The summed E-state index contributed by atoms with van der Waals surface area (Å²) in [6, 6.07) is 19.6. The van der Waals surface area contributed by atoms with Gasteiger partial charge in [-0.05, 0) is 68.0 Å². The van der Waals surface area contributed by atoms with E-state index in [2.05, 4.69) is 69.6 Å². The minimum absolute atomic E-state index is 0.494. The van der Waals surface area contributed by atoms with Crippen LogP contribution in [-0.2, 0) is 17.9 Å². The number of anilines is 1. The number of hydrogen-bond donors (Lipinski definition) is 0. The Kier molecular flexibility index (Phi) is 5.63. The highest BCUT2D eigenvalue weighted by Crippen LogP contribution is 2.37. The fraction of sp³-hybridized carbons (Fsp3) is 0.310. The maximum Gasteiger partial charge on any atom is 0.161 e. The van der Waals surface area contributed by atoms with Crippen molar-refractivity contribution < 1.29 is 4.74 Å². The van der Waals surface area contributed by atoms with Crippen LogP contribution < -0.4 is 4.90 Å². The molecule has 0 bridgehead atoms. The minimum Gasteiger partial charge on any atom is -0.378 e. The number of ether oxygens (including phenoxy) is 1. The van der Waals surface area contributed by atoms with Gasteiger partial charge in [-0.2, -0.15) is 5.26 Å². The Morgan fingerprint density at radius 1 is 1.11 bits per heavy atom. The second-order valence-corrected chi connectivity index (χ2v) is 9.94. The van der Waals surface area contributed by atoms with Crippen LogP contribution >= 0.6 is 0 Å². The van der Waals surface area contributed by atoms with Gasteiger partial charge in [0.05, 0.1) is 41.5 Å². The molecule has 36 heavy (non-hydrogen) atoms. The number of nitriles is 1. The van der Waals surface area contributed by atoms with Gasteiger partial charge < -0.3 is 19.1 Å². The zero-order chi connectivity index (χ0) is 24.8. The standard InChI is InChI=1S/C29H30N6O/c1-32(2)25-10-11-33(18-25)24-8-9-27-23(12-24)17-34-16-22(21-6-4-20(14-30)5-7-21)13-28(34)29-31-15-26(19-36-3)35(27)29/h4-9,12-13,15-16,25H,10-11,17-19H2,1-3H3/t25-/m1/s1. The summed E-state index contributed by atoms with van der Waals surface area (Å²) in [5, 5.41) is 9.17. The second-order valence-electron chi connectivity index (χ2n) is 9.94. The first-order valence-corrected chi connectivity index (χ1v) is 12.4. The van der Waals surface area contributed by atoms with Gasteiger partial charge >= 0.3 is 0 Å². The van der Waals surface area contributed by atoms with E-state index in [4.69, 9.17) is 9.72 Å². The number of benzene rings is 2.